The fourth-order valence-corrected chi connectivity index (χ4v) is 4.68. The van der Waals surface area contributed by atoms with E-state index < -0.39 is 0 Å². The second-order valence-electron chi connectivity index (χ2n) is 7.67. The van der Waals surface area contributed by atoms with E-state index in [2.05, 4.69) is 54.3 Å². The third-order valence-corrected chi connectivity index (χ3v) is 6.01. The normalized spacial score (nSPS) is 21.9. The predicted octanol–water partition coefficient (Wildman–Crippen LogP) is 4.85. The van der Waals surface area contributed by atoms with Gasteiger partial charge in [-0.25, -0.2) is 0 Å². The van der Waals surface area contributed by atoms with Crippen LogP contribution >= 0.6 is 0 Å². The highest BCUT2D eigenvalue weighted by atomic mass is 16.5. The van der Waals surface area contributed by atoms with Gasteiger partial charge in [0, 0.05) is 12.6 Å². The second-order valence-corrected chi connectivity index (χ2v) is 7.67. The van der Waals surface area contributed by atoms with E-state index in [1.807, 2.05) is 0 Å². The quantitative estimate of drug-likeness (QED) is 0.739. The average molecular weight is 349 g/mol. The number of ether oxygens (including phenoxy) is 1. The minimum atomic E-state index is -0.113. The Morgan fingerprint density at radius 1 is 1.15 bits per heavy atom. The summed E-state index contributed by atoms with van der Waals surface area (Å²) in [6.07, 6.45) is 4.13. The van der Waals surface area contributed by atoms with Crippen LogP contribution in [0, 0.1) is 6.92 Å². The Kier molecular flexibility index (Phi) is 4.82. The maximum absolute atomic E-state index is 11.6. The number of likely N-dealkylation sites (tertiary alicyclic amines) is 1. The number of rotatable bonds is 4. The van der Waals surface area contributed by atoms with Crippen molar-refractivity contribution >= 4 is 5.97 Å². The molecule has 2 aliphatic rings. The summed E-state index contributed by atoms with van der Waals surface area (Å²) in [5.41, 5.74) is 6.87. The number of hydrogen-bond acceptors (Lipinski definition) is 3. The molecule has 2 aromatic carbocycles. The van der Waals surface area contributed by atoms with Crippen molar-refractivity contribution in [3.8, 4) is 11.1 Å². The van der Waals surface area contributed by atoms with Gasteiger partial charge in [-0.05, 0) is 67.0 Å². The number of methoxy groups -OCH3 is 1. The molecule has 2 unspecified atom stereocenters. The minimum absolute atomic E-state index is 0.113. The third kappa shape index (κ3) is 3.28. The zero-order chi connectivity index (χ0) is 18.1. The fourth-order valence-electron chi connectivity index (χ4n) is 4.68. The van der Waals surface area contributed by atoms with Crippen LogP contribution < -0.4 is 0 Å². The largest absolute Gasteiger partial charge is 0.469 e. The van der Waals surface area contributed by atoms with E-state index in [0.29, 0.717) is 18.4 Å². The van der Waals surface area contributed by atoms with Crippen LogP contribution in [0.3, 0.4) is 0 Å². The predicted molar refractivity (Wildman–Crippen MR) is 104 cm³/mol. The molecule has 2 bridgehead atoms. The van der Waals surface area contributed by atoms with Gasteiger partial charge in [-0.1, -0.05) is 42.0 Å². The number of carbonyl (C=O) groups is 1. The van der Waals surface area contributed by atoms with Crippen LogP contribution in [0.5, 0.6) is 0 Å². The van der Waals surface area contributed by atoms with E-state index in [4.69, 9.17) is 4.74 Å². The van der Waals surface area contributed by atoms with E-state index >= 15 is 0 Å². The van der Waals surface area contributed by atoms with E-state index in [1.54, 1.807) is 0 Å². The average Bonchev–Trinajstić information content (AvgIpc) is 2.87. The van der Waals surface area contributed by atoms with E-state index in [1.165, 1.54) is 54.2 Å². The van der Waals surface area contributed by atoms with Crippen LogP contribution in [0.15, 0.2) is 42.5 Å². The second kappa shape index (κ2) is 7.24. The lowest BCUT2D eigenvalue weighted by atomic mass is 9.93. The van der Waals surface area contributed by atoms with Crippen molar-refractivity contribution in [1.82, 2.24) is 4.90 Å². The van der Waals surface area contributed by atoms with Gasteiger partial charge >= 0.3 is 5.97 Å². The molecule has 26 heavy (non-hydrogen) atoms. The topological polar surface area (TPSA) is 29.5 Å². The van der Waals surface area contributed by atoms with Crippen LogP contribution in [-0.2, 0) is 9.53 Å². The van der Waals surface area contributed by atoms with Gasteiger partial charge in [0.15, 0.2) is 0 Å². The lowest BCUT2D eigenvalue weighted by molar-refractivity contribution is -0.141. The van der Waals surface area contributed by atoms with E-state index in [0.717, 1.165) is 13.1 Å². The van der Waals surface area contributed by atoms with Gasteiger partial charge in [0.05, 0.1) is 13.5 Å². The summed E-state index contributed by atoms with van der Waals surface area (Å²) in [4.78, 5) is 14.1. The van der Waals surface area contributed by atoms with Gasteiger partial charge in [-0.15, -0.1) is 0 Å². The number of esters is 1. The molecule has 1 aliphatic heterocycles. The van der Waals surface area contributed by atoms with Crippen molar-refractivity contribution in [3.63, 3.8) is 0 Å². The third-order valence-electron chi connectivity index (χ3n) is 6.01. The molecule has 0 N–H and O–H groups in total. The summed E-state index contributed by atoms with van der Waals surface area (Å²) in [5.74, 6) is 0.558. The first-order valence-corrected chi connectivity index (χ1v) is 9.67. The molecular weight excluding hydrogens is 322 g/mol. The van der Waals surface area contributed by atoms with Crippen LogP contribution in [0.4, 0.5) is 0 Å². The van der Waals surface area contributed by atoms with Crippen LogP contribution in [0.25, 0.3) is 11.1 Å². The highest BCUT2D eigenvalue weighted by Gasteiger charge is 2.36. The molecule has 1 fully saturated rings. The molecule has 2 aromatic rings. The Labute approximate surface area is 156 Å². The zero-order valence-corrected chi connectivity index (χ0v) is 15.7. The summed E-state index contributed by atoms with van der Waals surface area (Å²) in [7, 11) is 1.47. The monoisotopic (exact) mass is 349 g/mol. The van der Waals surface area contributed by atoms with Gasteiger partial charge in [0.1, 0.15) is 0 Å². The molecule has 0 spiro atoms. The summed E-state index contributed by atoms with van der Waals surface area (Å²) < 4.78 is 4.84. The molecule has 1 heterocycles. The summed E-state index contributed by atoms with van der Waals surface area (Å²) >= 11 is 0. The van der Waals surface area contributed by atoms with Crippen molar-refractivity contribution in [1.29, 1.82) is 0 Å². The van der Waals surface area contributed by atoms with Gasteiger partial charge in [0.2, 0.25) is 0 Å². The maximum Gasteiger partial charge on any atom is 0.306 e. The first kappa shape index (κ1) is 17.3. The molecule has 2 atom stereocenters. The van der Waals surface area contributed by atoms with Crippen molar-refractivity contribution in [2.75, 3.05) is 20.2 Å². The lowest BCUT2D eigenvalue weighted by Crippen LogP contribution is -2.30. The molecule has 136 valence electrons. The fraction of sp³-hybridized carbons (Fsp3) is 0.435. The van der Waals surface area contributed by atoms with Gasteiger partial charge in [-0.2, -0.15) is 0 Å². The number of benzene rings is 2. The van der Waals surface area contributed by atoms with Gasteiger partial charge < -0.3 is 4.74 Å². The standard InChI is InChI=1S/C23H27NO2/c1-16-5-3-6-17(13-16)18-8-9-20-19-7-4-11-24(12-10-23(25)26-2)22(15-19)21(20)14-18/h3,5-6,8-9,13-14,19,22H,4,7,10-12,15H2,1-2H3. The first-order valence-electron chi connectivity index (χ1n) is 9.67. The van der Waals surface area contributed by atoms with Crippen molar-refractivity contribution < 1.29 is 9.53 Å². The van der Waals surface area contributed by atoms with Crippen molar-refractivity contribution in [2.45, 2.75) is 44.6 Å². The molecule has 1 aliphatic carbocycles. The maximum atomic E-state index is 11.6. The molecule has 0 amide bonds. The SMILES string of the molecule is COC(=O)CCN1CCCC2CC1c1cc(-c3cccc(C)c3)ccc12. The molecule has 0 aromatic heterocycles. The Bertz CT molecular complexity index is 814. The molecule has 4 rings (SSSR count). The number of carbonyl (C=O) groups excluding carboxylic acids is 1. The Balaban J connectivity index is 1.65. The summed E-state index contributed by atoms with van der Waals surface area (Å²) in [6.45, 7) is 4.01. The molecular formula is C23H27NO2. The minimum Gasteiger partial charge on any atom is -0.469 e. The summed E-state index contributed by atoms with van der Waals surface area (Å²) in [6, 6.07) is 16.2. The lowest BCUT2D eigenvalue weighted by Gasteiger charge is -2.29. The number of hydrogen-bond donors (Lipinski definition) is 0. The highest BCUT2D eigenvalue weighted by Crippen LogP contribution is 2.48. The Morgan fingerprint density at radius 2 is 2.00 bits per heavy atom. The Morgan fingerprint density at radius 3 is 2.81 bits per heavy atom. The van der Waals surface area contributed by atoms with Crippen LogP contribution in [-0.4, -0.2) is 31.1 Å². The number of fused-ring (bicyclic) bond motifs is 5. The molecule has 3 heteroatoms. The van der Waals surface area contributed by atoms with Crippen LogP contribution in [0.1, 0.15) is 54.3 Å². The van der Waals surface area contributed by atoms with Gasteiger partial charge in [0.25, 0.3) is 0 Å². The number of aryl methyl sites for hydroxylation is 1. The summed E-state index contributed by atoms with van der Waals surface area (Å²) in [5, 5.41) is 0. The zero-order valence-electron chi connectivity index (χ0n) is 15.7. The smallest absolute Gasteiger partial charge is 0.306 e. The van der Waals surface area contributed by atoms with Crippen LogP contribution in [0.2, 0.25) is 0 Å². The molecule has 1 saturated heterocycles. The first-order chi connectivity index (χ1) is 12.7. The molecule has 0 saturated carbocycles. The number of nitrogens with zero attached hydrogens (tertiary/aromatic N) is 1. The highest BCUT2D eigenvalue weighted by molar-refractivity contribution is 5.69. The Hall–Kier alpha value is -2.13. The molecule has 0 radical (unpaired) electrons. The van der Waals surface area contributed by atoms with E-state index in [9.17, 15) is 4.79 Å². The van der Waals surface area contributed by atoms with Crippen molar-refractivity contribution in [3.05, 3.63) is 59.2 Å². The molecule has 3 nitrogen and oxygen atoms in total. The van der Waals surface area contributed by atoms with E-state index in [-0.39, 0.29) is 5.97 Å². The van der Waals surface area contributed by atoms with Gasteiger partial charge in [-0.3, -0.25) is 9.69 Å². The van der Waals surface area contributed by atoms with Crippen molar-refractivity contribution in [2.24, 2.45) is 0 Å².